The first kappa shape index (κ1) is 30.3. The van der Waals surface area contributed by atoms with Crippen LogP contribution in [-0.2, 0) is 19.1 Å². The van der Waals surface area contributed by atoms with Gasteiger partial charge < -0.3 is 25.2 Å². The maximum atomic E-state index is 13.6. The van der Waals surface area contributed by atoms with Crippen molar-refractivity contribution in [3.63, 3.8) is 0 Å². The second-order valence-corrected chi connectivity index (χ2v) is 9.45. The Morgan fingerprint density at radius 2 is 1.47 bits per heavy atom. The van der Waals surface area contributed by atoms with E-state index in [-0.39, 0.29) is 54.0 Å². The molecule has 188 valence electrons. The van der Waals surface area contributed by atoms with E-state index < -0.39 is 12.1 Å². The lowest BCUT2D eigenvalue weighted by Gasteiger charge is -2.40. The zero-order valence-corrected chi connectivity index (χ0v) is 22.2. The monoisotopic (exact) mass is 456 g/mol. The number of hydrogen-bond donors (Lipinski definition) is 2. The Morgan fingerprint density at radius 1 is 0.938 bits per heavy atom. The zero-order chi connectivity index (χ0) is 25.2. The minimum atomic E-state index is -0.667. The Bertz CT molecular complexity index is 597. The van der Waals surface area contributed by atoms with E-state index in [1.807, 2.05) is 34.6 Å². The summed E-state index contributed by atoms with van der Waals surface area (Å²) in [6.45, 7) is 14.4. The first-order chi connectivity index (χ1) is 14.9. The van der Waals surface area contributed by atoms with Gasteiger partial charge in [-0.25, -0.2) is 0 Å². The lowest BCUT2D eigenvalue weighted by atomic mass is 9.89. The Balaban J connectivity index is 5.84. The van der Waals surface area contributed by atoms with E-state index in [1.165, 1.54) is 0 Å². The van der Waals surface area contributed by atoms with Gasteiger partial charge in [0, 0.05) is 27.7 Å². The fourth-order valence-corrected chi connectivity index (χ4v) is 3.98. The summed E-state index contributed by atoms with van der Waals surface area (Å²) in [5.74, 6) is -0.270. The summed E-state index contributed by atoms with van der Waals surface area (Å²) < 4.78 is 5.74. The summed E-state index contributed by atoms with van der Waals surface area (Å²) in [4.78, 5) is 42.4. The van der Waals surface area contributed by atoms with Crippen LogP contribution in [0, 0.1) is 17.8 Å². The van der Waals surface area contributed by atoms with Crippen molar-refractivity contribution >= 4 is 17.7 Å². The van der Waals surface area contributed by atoms with Crippen molar-refractivity contribution in [2.24, 2.45) is 17.8 Å². The molecule has 0 spiro atoms. The van der Waals surface area contributed by atoms with Crippen molar-refractivity contribution in [2.45, 2.75) is 85.5 Å². The third-order valence-electron chi connectivity index (χ3n) is 6.47. The largest absolute Gasteiger partial charge is 0.379 e. The predicted molar refractivity (Wildman–Crippen MR) is 129 cm³/mol. The number of rotatable bonds is 14. The van der Waals surface area contributed by atoms with Gasteiger partial charge in [-0.15, -0.1) is 0 Å². The quantitative estimate of drug-likeness (QED) is 0.418. The molecule has 0 aromatic carbocycles. The molecule has 2 N–H and O–H groups in total. The van der Waals surface area contributed by atoms with Crippen molar-refractivity contribution in [1.29, 1.82) is 0 Å². The number of nitrogens with one attached hydrogen (secondary N) is 2. The standard InChI is InChI=1S/C24H48N4O4/c1-12-17(7)22(18(32-11)14-19(29)27(9)13-2)28(10)24(31)21(16(5)6)26-23(30)20(25-8)15(3)4/h15-18,20-22,25H,12-14H2,1-11H3,(H,26,30)/t17-,18+,20-,21-,22-/m0/s1. The molecule has 8 heteroatoms. The van der Waals surface area contributed by atoms with Crippen LogP contribution in [0.4, 0.5) is 0 Å². The zero-order valence-electron chi connectivity index (χ0n) is 22.2. The molecule has 0 aliphatic rings. The van der Waals surface area contributed by atoms with Gasteiger partial charge in [-0.1, -0.05) is 48.0 Å². The number of likely N-dealkylation sites (N-methyl/N-ethyl adjacent to an activating group) is 2. The topological polar surface area (TPSA) is 91.0 Å². The normalized spacial score (nSPS) is 16.3. The molecule has 0 aliphatic carbocycles. The Hall–Kier alpha value is -1.67. The van der Waals surface area contributed by atoms with E-state index in [1.54, 1.807) is 38.1 Å². The summed E-state index contributed by atoms with van der Waals surface area (Å²) in [6.07, 6.45) is 0.583. The van der Waals surface area contributed by atoms with E-state index in [0.29, 0.717) is 6.54 Å². The fraction of sp³-hybridized carbons (Fsp3) is 0.875. The van der Waals surface area contributed by atoms with Crippen LogP contribution in [0.25, 0.3) is 0 Å². The molecule has 0 fully saturated rings. The van der Waals surface area contributed by atoms with Crippen molar-refractivity contribution in [1.82, 2.24) is 20.4 Å². The molecule has 0 bridgehead atoms. The lowest BCUT2D eigenvalue weighted by molar-refractivity contribution is -0.145. The Morgan fingerprint density at radius 3 is 1.84 bits per heavy atom. The van der Waals surface area contributed by atoms with Gasteiger partial charge in [-0.2, -0.15) is 0 Å². The fourth-order valence-electron chi connectivity index (χ4n) is 3.98. The summed E-state index contributed by atoms with van der Waals surface area (Å²) in [5.41, 5.74) is 0. The van der Waals surface area contributed by atoms with Crippen molar-refractivity contribution in [3.8, 4) is 0 Å². The van der Waals surface area contributed by atoms with Crippen LogP contribution in [0.15, 0.2) is 0 Å². The molecule has 0 saturated heterocycles. The molecule has 0 aromatic rings. The second-order valence-electron chi connectivity index (χ2n) is 9.45. The smallest absolute Gasteiger partial charge is 0.245 e. The van der Waals surface area contributed by atoms with E-state index in [0.717, 1.165) is 6.42 Å². The molecule has 0 aliphatic heterocycles. The lowest BCUT2D eigenvalue weighted by Crippen LogP contribution is -2.59. The van der Waals surface area contributed by atoms with Crippen LogP contribution >= 0.6 is 0 Å². The maximum Gasteiger partial charge on any atom is 0.245 e. The highest BCUT2D eigenvalue weighted by atomic mass is 16.5. The molecule has 0 aromatic heterocycles. The Kier molecular flexibility index (Phi) is 13.7. The number of hydrogen-bond acceptors (Lipinski definition) is 5. The van der Waals surface area contributed by atoms with Gasteiger partial charge in [0.15, 0.2) is 0 Å². The first-order valence-electron chi connectivity index (χ1n) is 11.9. The van der Waals surface area contributed by atoms with Gasteiger partial charge in [-0.05, 0) is 31.7 Å². The SMILES string of the molecule is CC[C@H](C)[C@@H]([C@@H](CC(=O)N(C)CC)OC)N(C)C(=O)[C@@H](NC(=O)[C@@H](NC)C(C)C)C(C)C. The Labute approximate surface area is 195 Å². The molecule has 0 rings (SSSR count). The van der Waals surface area contributed by atoms with Gasteiger partial charge in [-0.3, -0.25) is 14.4 Å². The molecule has 0 heterocycles. The number of nitrogens with zero attached hydrogens (tertiary/aromatic N) is 2. The molecule has 32 heavy (non-hydrogen) atoms. The number of amides is 3. The summed E-state index contributed by atoms with van der Waals surface area (Å²) in [7, 11) is 6.84. The van der Waals surface area contributed by atoms with Crippen LogP contribution in [0.5, 0.6) is 0 Å². The number of methoxy groups -OCH3 is 1. The third-order valence-corrected chi connectivity index (χ3v) is 6.47. The molecule has 3 amide bonds. The first-order valence-corrected chi connectivity index (χ1v) is 11.9. The minimum absolute atomic E-state index is 0.0176. The minimum Gasteiger partial charge on any atom is -0.379 e. The highest BCUT2D eigenvalue weighted by Crippen LogP contribution is 2.23. The van der Waals surface area contributed by atoms with Crippen molar-refractivity contribution in [3.05, 3.63) is 0 Å². The van der Waals surface area contributed by atoms with Crippen LogP contribution in [0.3, 0.4) is 0 Å². The van der Waals surface area contributed by atoms with E-state index >= 15 is 0 Å². The molecular weight excluding hydrogens is 408 g/mol. The van der Waals surface area contributed by atoms with Gasteiger partial charge >= 0.3 is 0 Å². The van der Waals surface area contributed by atoms with Crippen LogP contribution in [-0.4, -0.2) is 86.5 Å². The van der Waals surface area contributed by atoms with Crippen molar-refractivity contribution < 1.29 is 19.1 Å². The van der Waals surface area contributed by atoms with Gasteiger partial charge in [0.25, 0.3) is 0 Å². The highest BCUT2D eigenvalue weighted by molar-refractivity contribution is 5.90. The van der Waals surface area contributed by atoms with E-state index in [4.69, 9.17) is 4.74 Å². The molecule has 5 atom stereocenters. The second kappa shape index (κ2) is 14.5. The van der Waals surface area contributed by atoms with E-state index in [9.17, 15) is 14.4 Å². The number of carbonyl (C=O) groups excluding carboxylic acids is 3. The van der Waals surface area contributed by atoms with Crippen LogP contribution < -0.4 is 10.6 Å². The number of ether oxygens (including phenoxy) is 1. The highest BCUT2D eigenvalue weighted by Gasteiger charge is 2.38. The molecular formula is C24H48N4O4. The van der Waals surface area contributed by atoms with E-state index in [2.05, 4.69) is 24.5 Å². The summed E-state index contributed by atoms with van der Waals surface area (Å²) >= 11 is 0. The molecule has 0 saturated carbocycles. The average molecular weight is 457 g/mol. The van der Waals surface area contributed by atoms with Crippen LogP contribution in [0.2, 0.25) is 0 Å². The van der Waals surface area contributed by atoms with Gasteiger partial charge in [0.1, 0.15) is 6.04 Å². The predicted octanol–water partition coefficient (Wildman–Crippen LogP) is 2.13. The maximum absolute atomic E-state index is 13.6. The van der Waals surface area contributed by atoms with Crippen LogP contribution in [0.1, 0.15) is 61.3 Å². The van der Waals surface area contributed by atoms with Crippen molar-refractivity contribution in [2.75, 3.05) is 34.8 Å². The summed E-state index contributed by atoms with van der Waals surface area (Å²) in [5, 5.41) is 5.99. The molecule has 0 unspecified atom stereocenters. The third kappa shape index (κ3) is 8.35. The van der Waals surface area contributed by atoms with Gasteiger partial charge in [0.05, 0.1) is 24.6 Å². The van der Waals surface area contributed by atoms with Gasteiger partial charge in [0.2, 0.25) is 17.7 Å². The summed E-state index contributed by atoms with van der Waals surface area (Å²) in [6, 6.07) is -1.34. The molecule has 8 nitrogen and oxygen atoms in total. The number of carbonyl (C=O) groups is 3. The molecule has 0 radical (unpaired) electrons. The average Bonchev–Trinajstić information content (AvgIpc) is 2.75.